The summed E-state index contributed by atoms with van der Waals surface area (Å²) in [6.45, 7) is 5.78. The molecule has 23 heavy (non-hydrogen) atoms. The molecule has 1 rings (SSSR count). The standard InChI is InChI=1S/C17H28N2O4/c1-17(2,3)11-15(21)23-12-14(20)19-16(22)18-10-9-13-7-5-4-6-8-13/h7H,4-6,8-12H2,1-3H3,(H2,18,19,20,22). The normalized spacial score (nSPS) is 14.7. The molecule has 0 saturated carbocycles. The fourth-order valence-electron chi connectivity index (χ4n) is 2.31. The molecule has 3 amide bonds. The monoisotopic (exact) mass is 324 g/mol. The molecule has 6 nitrogen and oxygen atoms in total. The molecule has 0 radical (unpaired) electrons. The number of ether oxygens (including phenoxy) is 1. The van der Waals surface area contributed by atoms with Crippen molar-refractivity contribution in [2.45, 2.75) is 59.3 Å². The second-order valence-corrected chi connectivity index (χ2v) is 7.06. The van der Waals surface area contributed by atoms with Crippen molar-refractivity contribution in [1.82, 2.24) is 10.6 Å². The zero-order valence-electron chi connectivity index (χ0n) is 14.4. The van der Waals surface area contributed by atoms with Crippen LogP contribution in [-0.2, 0) is 14.3 Å². The van der Waals surface area contributed by atoms with Gasteiger partial charge in [0.25, 0.3) is 5.91 Å². The lowest BCUT2D eigenvalue weighted by atomic mass is 9.93. The van der Waals surface area contributed by atoms with Crippen LogP contribution in [0.4, 0.5) is 4.79 Å². The van der Waals surface area contributed by atoms with Crippen LogP contribution < -0.4 is 10.6 Å². The van der Waals surface area contributed by atoms with Crippen LogP contribution in [-0.4, -0.2) is 31.1 Å². The fourth-order valence-corrected chi connectivity index (χ4v) is 2.31. The van der Waals surface area contributed by atoms with Crippen LogP contribution in [0.5, 0.6) is 0 Å². The van der Waals surface area contributed by atoms with E-state index in [1.165, 1.54) is 18.4 Å². The SMILES string of the molecule is CC(C)(C)CC(=O)OCC(=O)NC(=O)NCCC1=CCCCC1. The Morgan fingerprint density at radius 2 is 1.96 bits per heavy atom. The molecule has 0 aliphatic heterocycles. The predicted octanol–water partition coefficient (Wildman–Crippen LogP) is 2.68. The topological polar surface area (TPSA) is 84.5 Å². The van der Waals surface area contributed by atoms with Crippen LogP contribution in [0.15, 0.2) is 11.6 Å². The molecule has 0 aromatic rings. The van der Waals surface area contributed by atoms with E-state index in [-0.39, 0.29) is 11.8 Å². The first kappa shape index (κ1) is 19.2. The van der Waals surface area contributed by atoms with Gasteiger partial charge in [-0.3, -0.25) is 14.9 Å². The van der Waals surface area contributed by atoms with Gasteiger partial charge in [0.05, 0.1) is 6.42 Å². The second kappa shape index (κ2) is 9.33. The van der Waals surface area contributed by atoms with Crippen LogP contribution in [0.2, 0.25) is 0 Å². The first-order chi connectivity index (χ1) is 10.8. The smallest absolute Gasteiger partial charge is 0.321 e. The minimum absolute atomic E-state index is 0.196. The maximum absolute atomic E-state index is 11.6. The Balaban J connectivity index is 2.14. The Kier molecular flexibility index (Phi) is 7.78. The highest BCUT2D eigenvalue weighted by atomic mass is 16.5. The van der Waals surface area contributed by atoms with Crippen molar-refractivity contribution in [3.8, 4) is 0 Å². The van der Waals surface area contributed by atoms with Crippen LogP contribution in [0, 0.1) is 5.41 Å². The number of imide groups is 1. The summed E-state index contributed by atoms with van der Waals surface area (Å²) in [5, 5.41) is 4.78. The summed E-state index contributed by atoms with van der Waals surface area (Å²) in [6.07, 6.45) is 7.90. The van der Waals surface area contributed by atoms with Gasteiger partial charge < -0.3 is 10.1 Å². The third kappa shape index (κ3) is 9.71. The van der Waals surface area contributed by atoms with Gasteiger partial charge in [0.1, 0.15) is 0 Å². The van der Waals surface area contributed by atoms with Crippen LogP contribution in [0.1, 0.15) is 59.3 Å². The van der Waals surface area contributed by atoms with Crippen molar-refractivity contribution in [1.29, 1.82) is 0 Å². The molecular weight excluding hydrogens is 296 g/mol. The number of allylic oxidation sites excluding steroid dienone is 1. The zero-order valence-corrected chi connectivity index (χ0v) is 14.4. The minimum Gasteiger partial charge on any atom is -0.456 e. The van der Waals surface area contributed by atoms with E-state index in [0.717, 1.165) is 19.3 Å². The van der Waals surface area contributed by atoms with Crippen molar-refractivity contribution in [2.24, 2.45) is 5.41 Å². The molecule has 0 unspecified atom stereocenters. The zero-order chi connectivity index (χ0) is 17.3. The lowest BCUT2D eigenvalue weighted by molar-refractivity contribution is -0.150. The Morgan fingerprint density at radius 1 is 1.22 bits per heavy atom. The van der Waals surface area contributed by atoms with E-state index in [9.17, 15) is 14.4 Å². The highest BCUT2D eigenvalue weighted by Crippen LogP contribution is 2.19. The summed E-state index contributed by atoms with van der Waals surface area (Å²) in [5.74, 6) is -1.07. The van der Waals surface area contributed by atoms with Gasteiger partial charge in [-0.1, -0.05) is 32.4 Å². The lowest BCUT2D eigenvalue weighted by Gasteiger charge is -2.16. The van der Waals surface area contributed by atoms with E-state index in [2.05, 4.69) is 16.7 Å². The lowest BCUT2D eigenvalue weighted by Crippen LogP contribution is -2.41. The van der Waals surface area contributed by atoms with Crippen molar-refractivity contribution < 1.29 is 19.1 Å². The van der Waals surface area contributed by atoms with Gasteiger partial charge in [0, 0.05) is 6.54 Å². The summed E-state index contributed by atoms with van der Waals surface area (Å²) in [6, 6.07) is -0.557. The first-order valence-corrected chi connectivity index (χ1v) is 8.17. The van der Waals surface area contributed by atoms with Gasteiger partial charge in [0.15, 0.2) is 6.61 Å². The van der Waals surface area contributed by atoms with E-state index < -0.39 is 24.5 Å². The molecule has 1 aliphatic carbocycles. The van der Waals surface area contributed by atoms with Crippen molar-refractivity contribution in [2.75, 3.05) is 13.2 Å². The number of rotatable bonds is 6. The fraction of sp³-hybridized carbons (Fsp3) is 0.706. The number of hydrogen-bond donors (Lipinski definition) is 2. The third-order valence-corrected chi connectivity index (χ3v) is 3.41. The largest absolute Gasteiger partial charge is 0.456 e. The average molecular weight is 324 g/mol. The highest BCUT2D eigenvalue weighted by Gasteiger charge is 2.18. The summed E-state index contributed by atoms with van der Waals surface area (Å²) < 4.78 is 4.84. The molecule has 1 aliphatic rings. The first-order valence-electron chi connectivity index (χ1n) is 8.17. The molecule has 0 saturated heterocycles. The highest BCUT2D eigenvalue weighted by molar-refractivity contribution is 5.95. The van der Waals surface area contributed by atoms with Crippen molar-refractivity contribution in [3.05, 3.63) is 11.6 Å². The summed E-state index contributed by atoms with van der Waals surface area (Å²) in [7, 11) is 0. The third-order valence-electron chi connectivity index (χ3n) is 3.41. The Bertz CT molecular complexity index is 464. The Labute approximate surface area is 138 Å². The molecule has 0 heterocycles. The number of hydrogen-bond acceptors (Lipinski definition) is 4. The molecule has 130 valence electrons. The number of carbonyl (C=O) groups excluding carboxylic acids is 3. The van der Waals surface area contributed by atoms with E-state index in [0.29, 0.717) is 6.54 Å². The van der Waals surface area contributed by atoms with Crippen molar-refractivity contribution >= 4 is 17.9 Å². The molecule has 6 heteroatoms. The van der Waals surface area contributed by atoms with E-state index in [4.69, 9.17) is 4.74 Å². The molecule has 0 atom stereocenters. The number of urea groups is 1. The summed E-state index contributed by atoms with van der Waals surface area (Å²) in [5.41, 5.74) is 1.16. The van der Waals surface area contributed by atoms with E-state index in [1.54, 1.807) is 0 Å². The van der Waals surface area contributed by atoms with Gasteiger partial charge in [-0.05, 0) is 37.5 Å². The molecule has 0 fully saturated rings. The van der Waals surface area contributed by atoms with Gasteiger partial charge in [-0.2, -0.15) is 0 Å². The number of amides is 3. The quantitative estimate of drug-likeness (QED) is 0.581. The summed E-state index contributed by atoms with van der Waals surface area (Å²) in [4.78, 5) is 34.6. The number of esters is 1. The number of nitrogens with one attached hydrogen (secondary N) is 2. The van der Waals surface area contributed by atoms with E-state index in [1.807, 2.05) is 20.8 Å². The van der Waals surface area contributed by atoms with Crippen LogP contribution in [0.3, 0.4) is 0 Å². The van der Waals surface area contributed by atoms with Crippen LogP contribution >= 0.6 is 0 Å². The maximum Gasteiger partial charge on any atom is 0.321 e. The van der Waals surface area contributed by atoms with E-state index >= 15 is 0 Å². The second-order valence-electron chi connectivity index (χ2n) is 7.06. The predicted molar refractivity (Wildman–Crippen MR) is 87.7 cm³/mol. The maximum atomic E-state index is 11.6. The summed E-state index contributed by atoms with van der Waals surface area (Å²) >= 11 is 0. The number of carbonyl (C=O) groups is 3. The van der Waals surface area contributed by atoms with Gasteiger partial charge >= 0.3 is 12.0 Å². The van der Waals surface area contributed by atoms with Gasteiger partial charge in [0.2, 0.25) is 0 Å². The molecule has 2 N–H and O–H groups in total. The molecule has 0 aromatic heterocycles. The molecule has 0 spiro atoms. The molecule has 0 bridgehead atoms. The average Bonchev–Trinajstić information content (AvgIpc) is 2.44. The molecular formula is C17H28N2O4. The molecule has 0 aromatic carbocycles. The van der Waals surface area contributed by atoms with Gasteiger partial charge in [-0.25, -0.2) is 4.79 Å². The van der Waals surface area contributed by atoms with Gasteiger partial charge in [-0.15, -0.1) is 0 Å². The Morgan fingerprint density at radius 3 is 2.57 bits per heavy atom. The minimum atomic E-state index is -0.623. The van der Waals surface area contributed by atoms with Crippen molar-refractivity contribution in [3.63, 3.8) is 0 Å². The van der Waals surface area contributed by atoms with Crippen LogP contribution in [0.25, 0.3) is 0 Å². The Hall–Kier alpha value is -1.85.